The molecule has 54 heavy (non-hydrogen) atoms. The lowest BCUT2D eigenvalue weighted by Gasteiger charge is -2.26. The minimum absolute atomic E-state index is 0.300. The number of benzene rings is 6. The van der Waals surface area contributed by atoms with Gasteiger partial charge in [-0.15, -0.1) is 0 Å². The van der Waals surface area contributed by atoms with E-state index in [1.807, 2.05) is 146 Å². The average Bonchev–Trinajstić information content (AvgIpc) is 3.23. The van der Waals surface area contributed by atoms with Gasteiger partial charge in [-0.3, -0.25) is 9.98 Å². The van der Waals surface area contributed by atoms with E-state index in [0.717, 1.165) is 45.3 Å². The maximum atomic E-state index is 10.4. The highest BCUT2D eigenvalue weighted by Gasteiger charge is 2.17. The molecule has 0 bridgehead atoms. The van der Waals surface area contributed by atoms with E-state index in [4.69, 9.17) is 11.5 Å². The molecule has 0 unspecified atom stereocenters. The molecule has 0 aliphatic rings. The fraction of sp³-hybridized carbons (Fsp3) is 0.0870. The fourth-order valence-electron chi connectivity index (χ4n) is 6.04. The predicted molar refractivity (Wildman–Crippen MR) is 223 cm³/mol. The summed E-state index contributed by atoms with van der Waals surface area (Å²) in [6.07, 6.45) is 3.65. The highest BCUT2D eigenvalue weighted by atomic mass is 15.1. The van der Waals surface area contributed by atoms with Gasteiger partial charge in [0.1, 0.15) is 12.1 Å². The first-order valence-corrected chi connectivity index (χ1v) is 17.7. The van der Waals surface area contributed by atoms with Crippen LogP contribution >= 0.6 is 0 Å². The summed E-state index contributed by atoms with van der Waals surface area (Å²) >= 11 is 0. The predicted octanol–water partition coefficient (Wildman–Crippen LogP) is 9.34. The molecule has 4 N–H and O–H groups in total. The number of allylic oxidation sites excluding steroid dienone is 2. The van der Waals surface area contributed by atoms with Gasteiger partial charge in [-0.1, -0.05) is 84.9 Å². The van der Waals surface area contributed by atoms with Crippen molar-refractivity contribution in [3.63, 3.8) is 0 Å². The summed E-state index contributed by atoms with van der Waals surface area (Å²) < 4.78 is 0. The summed E-state index contributed by atoms with van der Waals surface area (Å²) in [7, 11) is 0. The van der Waals surface area contributed by atoms with Crippen LogP contribution in [0.5, 0.6) is 0 Å². The molecule has 0 saturated heterocycles. The number of aliphatic imine (C=N–C) groups is 2. The molecule has 6 aromatic rings. The number of nitrogens with two attached hydrogens (primary N) is 2. The van der Waals surface area contributed by atoms with Crippen molar-refractivity contribution >= 4 is 57.7 Å². The lowest BCUT2D eigenvalue weighted by atomic mass is 9.95. The van der Waals surface area contributed by atoms with Crippen molar-refractivity contribution in [3.05, 3.63) is 180 Å². The van der Waals surface area contributed by atoms with E-state index in [9.17, 15) is 10.5 Å². The number of anilines is 6. The Hall–Kier alpha value is -7.10. The van der Waals surface area contributed by atoms with E-state index in [0.29, 0.717) is 48.5 Å². The first-order chi connectivity index (χ1) is 26.6. The number of hydrogen-bond donors (Lipinski definition) is 2. The van der Waals surface area contributed by atoms with Crippen molar-refractivity contribution < 1.29 is 0 Å². The lowest BCUT2D eigenvalue weighted by molar-refractivity contribution is 0.980. The van der Waals surface area contributed by atoms with Crippen molar-refractivity contribution in [1.82, 2.24) is 0 Å². The SMILES string of the molecule is N#C/C(=C(/C#N)c1ccc(N(c2ccc(/C=N\CCN)cc2)c2ccc(/C=N\CCN)cc2)cc1)c1ccc(N(c2ccccc2)c2ccccc2)cc1. The average molecular weight is 705 g/mol. The zero-order valence-corrected chi connectivity index (χ0v) is 29.8. The molecule has 0 fully saturated rings. The van der Waals surface area contributed by atoms with Gasteiger partial charge in [0.2, 0.25) is 0 Å². The van der Waals surface area contributed by atoms with E-state index < -0.39 is 0 Å². The smallest absolute Gasteiger partial charge is 0.101 e. The zero-order valence-electron chi connectivity index (χ0n) is 29.8. The monoisotopic (exact) mass is 704 g/mol. The fourth-order valence-corrected chi connectivity index (χ4v) is 6.04. The number of hydrogen-bond acceptors (Lipinski definition) is 8. The van der Waals surface area contributed by atoms with Crippen LogP contribution < -0.4 is 21.3 Å². The van der Waals surface area contributed by atoms with Crippen LogP contribution in [0.2, 0.25) is 0 Å². The largest absolute Gasteiger partial charge is 0.329 e. The summed E-state index contributed by atoms with van der Waals surface area (Å²) in [5.41, 5.74) is 20.8. The molecule has 0 heterocycles. The topological polar surface area (TPSA) is 131 Å². The maximum absolute atomic E-state index is 10.4. The van der Waals surface area contributed by atoms with Crippen molar-refractivity contribution in [2.45, 2.75) is 0 Å². The molecule has 0 radical (unpaired) electrons. The zero-order chi connectivity index (χ0) is 37.5. The first kappa shape index (κ1) is 36.7. The van der Waals surface area contributed by atoms with Crippen LogP contribution in [0.4, 0.5) is 34.1 Å². The van der Waals surface area contributed by atoms with Gasteiger partial charge in [0.05, 0.1) is 24.2 Å². The molecule has 0 aliphatic heterocycles. The standard InChI is InChI=1S/C46H40N8/c47-27-29-51-33-35-11-19-41(20-12-35)54(42-21-13-36(14-22-42)34-52-30-28-48)44-25-17-38(18-26-44)46(32-50)45(31-49)37-15-23-43(24-16-37)53(39-7-3-1-4-8-39)40-9-5-2-6-10-40/h1-26,33-34H,27-30,47-48H2/b46-45+,51-33-,52-34-. The Morgan fingerprint density at radius 1 is 0.444 bits per heavy atom. The van der Waals surface area contributed by atoms with Crippen LogP contribution in [0, 0.1) is 22.7 Å². The summed E-state index contributed by atoms with van der Waals surface area (Å²) in [5.74, 6) is 0. The van der Waals surface area contributed by atoms with Crippen molar-refractivity contribution in [3.8, 4) is 12.1 Å². The molecule has 8 heteroatoms. The molecule has 0 atom stereocenters. The number of para-hydroxylation sites is 2. The summed E-state index contributed by atoms with van der Waals surface area (Å²) in [6, 6.07) is 56.6. The lowest BCUT2D eigenvalue weighted by Crippen LogP contribution is -2.10. The normalized spacial score (nSPS) is 11.6. The van der Waals surface area contributed by atoms with Crippen LogP contribution in [0.15, 0.2) is 168 Å². The van der Waals surface area contributed by atoms with Gasteiger partial charge in [0, 0.05) is 59.6 Å². The number of nitrogens with zero attached hydrogens (tertiary/aromatic N) is 6. The minimum atomic E-state index is 0.300. The molecule has 6 rings (SSSR count). The van der Waals surface area contributed by atoms with Crippen LogP contribution in [0.1, 0.15) is 22.3 Å². The maximum Gasteiger partial charge on any atom is 0.101 e. The molecule has 6 aromatic carbocycles. The second kappa shape index (κ2) is 18.4. The summed E-state index contributed by atoms with van der Waals surface area (Å²) in [5, 5.41) is 20.8. The second-order valence-electron chi connectivity index (χ2n) is 12.2. The number of rotatable bonds is 14. The van der Waals surface area contributed by atoms with Gasteiger partial charge in [-0.05, 0) is 95.1 Å². The van der Waals surface area contributed by atoms with Gasteiger partial charge in [0.25, 0.3) is 0 Å². The molecule has 0 spiro atoms. The van der Waals surface area contributed by atoms with Gasteiger partial charge in [-0.2, -0.15) is 10.5 Å². The van der Waals surface area contributed by atoms with E-state index in [1.54, 1.807) is 0 Å². The van der Waals surface area contributed by atoms with Gasteiger partial charge >= 0.3 is 0 Å². The van der Waals surface area contributed by atoms with Crippen LogP contribution in [-0.2, 0) is 0 Å². The quantitative estimate of drug-likeness (QED) is 0.0660. The highest BCUT2D eigenvalue weighted by molar-refractivity contribution is 6.03. The first-order valence-electron chi connectivity index (χ1n) is 17.7. The Kier molecular flexibility index (Phi) is 12.5. The van der Waals surface area contributed by atoms with Crippen molar-refractivity contribution in [1.29, 1.82) is 10.5 Å². The third-order valence-electron chi connectivity index (χ3n) is 8.63. The molecule has 0 amide bonds. The van der Waals surface area contributed by atoms with E-state index in [-0.39, 0.29) is 0 Å². The van der Waals surface area contributed by atoms with Crippen LogP contribution in [0.3, 0.4) is 0 Å². The summed E-state index contributed by atoms with van der Waals surface area (Å²) in [6.45, 7) is 2.14. The highest BCUT2D eigenvalue weighted by Crippen LogP contribution is 2.38. The Balaban J connectivity index is 1.33. The second-order valence-corrected chi connectivity index (χ2v) is 12.2. The molecule has 264 valence electrons. The Bertz CT molecular complexity index is 2180. The minimum Gasteiger partial charge on any atom is -0.329 e. The van der Waals surface area contributed by atoms with E-state index >= 15 is 0 Å². The molecule has 0 aromatic heterocycles. The van der Waals surface area contributed by atoms with Crippen molar-refractivity contribution in [2.24, 2.45) is 21.5 Å². The molecule has 0 saturated carbocycles. The van der Waals surface area contributed by atoms with Crippen LogP contribution in [0.25, 0.3) is 11.1 Å². The molecule has 8 nitrogen and oxygen atoms in total. The van der Waals surface area contributed by atoms with E-state index in [1.165, 1.54) is 0 Å². The molecule has 0 aliphatic carbocycles. The van der Waals surface area contributed by atoms with Crippen LogP contribution in [-0.4, -0.2) is 38.6 Å². The van der Waals surface area contributed by atoms with Gasteiger partial charge in [-0.25, -0.2) is 0 Å². The molecular weight excluding hydrogens is 665 g/mol. The number of nitriles is 2. The van der Waals surface area contributed by atoms with Gasteiger partial charge in [0.15, 0.2) is 0 Å². The summed E-state index contributed by atoms with van der Waals surface area (Å²) in [4.78, 5) is 13.0. The Morgan fingerprint density at radius 2 is 0.741 bits per heavy atom. The van der Waals surface area contributed by atoms with Gasteiger partial charge < -0.3 is 21.3 Å². The Labute approximate surface area is 316 Å². The third-order valence-corrected chi connectivity index (χ3v) is 8.63. The third kappa shape index (κ3) is 8.85. The van der Waals surface area contributed by atoms with E-state index in [2.05, 4.69) is 56.2 Å². The van der Waals surface area contributed by atoms with Crippen molar-refractivity contribution in [2.75, 3.05) is 36.0 Å². The Morgan fingerprint density at radius 3 is 1.04 bits per heavy atom. The molecular formula is C46H40N8.